The number of thioether (sulfide) groups is 1. The van der Waals surface area contributed by atoms with Crippen LogP contribution in [0.2, 0.25) is 0 Å². The van der Waals surface area contributed by atoms with E-state index in [1.807, 2.05) is 31.2 Å². The summed E-state index contributed by atoms with van der Waals surface area (Å²) in [5.41, 5.74) is 2.79. The third-order valence-electron chi connectivity index (χ3n) is 3.77. The lowest BCUT2D eigenvalue weighted by atomic mass is 10.1. The van der Waals surface area contributed by atoms with Gasteiger partial charge in [0.2, 0.25) is 11.8 Å². The van der Waals surface area contributed by atoms with Crippen molar-refractivity contribution in [2.75, 3.05) is 17.7 Å². The van der Waals surface area contributed by atoms with Gasteiger partial charge in [0, 0.05) is 11.3 Å². The summed E-state index contributed by atoms with van der Waals surface area (Å²) < 4.78 is 10.6. The number of aromatic nitrogens is 2. The number of hydrogen-bond donors (Lipinski definition) is 1. The molecule has 1 aromatic heterocycles. The molecule has 3 aromatic rings. The summed E-state index contributed by atoms with van der Waals surface area (Å²) in [5, 5.41) is 11.1. The molecule has 0 fully saturated rings. The van der Waals surface area contributed by atoms with E-state index in [0.717, 1.165) is 22.9 Å². The lowest BCUT2D eigenvalue weighted by Gasteiger charge is -2.06. The molecular weight excluding hydrogens is 378 g/mol. The molecule has 0 atom stereocenters. The summed E-state index contributed by atoms with van der Waals surface area (Å²) in [6.07, 6.45) is 0. The number of rotatable bonds is 7. The molecule has 1 N–H and O–H groups in total. The van der Waals surface area contributed by atoms with Gasteiger partial charge in [-0.15, -0.1) is 10.2 Å². The first-order chi connectivity index (χ1) is 13.6. The van der Waals surface area contributed by atoms with Gasteiger partial charge in [-0.25, -0.2) is 4.79 Å². The van der Waals surface area contributed by atoms with Crippen molar-refractivity contribution in [3.8, 4) is 11.5 Å². The minimum atomic E-state index is -0.428. The van der Waals surface area contributed by atoms with E-state index in [1.54, 1.807) is 31.2 Å². The normalized spacial score (nSPS) is 10.5. The first-order valence-electron chi connectivity index (χ1n) is 8.66. The van der Waals surface area contributed by atoms with Crippen LogP contribution in [0.4, 0.5) is 5.69 Å². The van der Waals surface area contributed by atoms with Gasteiger partial charge in [-0.2, -0.15) is 0 Å². The van der Waals surface area contributed by atoms with Crippen LogP contribution in [0.15, 0.2) is 58.2 Å². The fraction of sp³-hybridized carbons (Fsp3) is 0.200. The van der Waals surface area contributed by atoms with Crippen molar-refractivity contribution in [3.05, 3.63) is 59.7 Å². The van der Waals surface area contributed by atoms with Crippen LogP contribution in [0.3, 0.4) is 0 Å². The SMILES string of the molecule is CCOC(=O)c1cccc(NC(=O)CSc2nnc(-c3ccccc3C)o2)c1. The van der Waals surface area contributed by atoms with Crippen LogP contribution in [0.5, 0.6) is 0 Å². The maximum absolute atomic E-state index is 12.2. The molecule has 28 heavy (non-hydrogen) atoms. The van der Waals surface area contributed by atoms with Gasteiger partial charge in [-0.1, -0.05) is 36.0 Å². The Bertz CT molecular complexity index is 987. The Morgan fingerprint density at radius 1 is 1.14 bits per heavy atom. The van der Waals surface area contributed by atoms with E-state index in [2.05, 4.69) is 15.5 Å². The average molecular weight is 397 g/mol. The van der Waals surface area contributed by atoms with Gasteiger partial charge in [0.25, 0.3) is 5.22 Å². The molecule has 0 bridgehead atoms. The zero-order valence-electron chi connectivity index (χ0n) is 15.5. The van der Waals surface area contributed by atoms with Crippen molar-refractivity contribution in [2.45, 2.75) is 19.1 Å². The van der Waals surface area contributed by atoms with Crippen molar-refractivity contribution >= 4 is 29.3 Å². The molecule has 0 saturated heterocycles. The second-order valence-electron chi connectivity index (χ2n) is 5.83. The van der Waals surface area contributed by atoms with E-state index >= 15 is 0 Å². The first-order valence-corrected chi connectivity index (χ1v) is 9.64. The van der Waals surface area contributed by atoms with Gasteiger partial charge in [-0.05, 0) is 43.7 Å². The summed E-state index contributed by atoms with van der Waals surface area (Å²) in [4.78, 5) is 24.0. The minimum Gasteiger partial charge on any atom is -0.462 e. The van der Waals surface area contributed by atoms with Gasteiger partial charge in [0.05, 0.1) is 17.9 Å². The smallest absolute Gasteiger partial charge is 0.338 e. The summed E-state index contributed by atoms with van der Waals surface area (Å²) >= 11 is 1.14. The number of nitrogens with zero attached hydrogens (tertiary/aromatic N) is 2. The molecule has 0 aliphatic heterocycles. The number of ether oxygens (including phenoxy) is 1. The van der Waals surface area contributed by atoms with E-state index in [9.17, 15) is 9.59 Å². The minimum absolute atomic E-state index is 0.0963. The van der Waals surface area contributed by atoms with Crippen molar-refractivity contribution < 1.29 is 18.7 Å². The highest BCUT2D eigenvalue weighted by molar-refractivity contribution is 7.99. The Balaban J connectivity index is 1.57. The number of benzene rings is 2. The average Bonchev–Trinajstić information content (AvgIpc) is 3.16. The van der Waals surface area contributed by atoms with E-state index in [1.165, 1.54) is 0 Å². The maximum atomic E-state index is 12.2. The molecule has 2 aromatic carbocycles. The summed E-state index contributed by atoms with van der Waals surface area (Å²) in [6.45, 7) is 3.99. The molecule has 0 unspecified atom stereocenters. The molecule has 7 nitrogen and oxygen atoms in total. The number of hydrogen-bond acceptors (Lipinski definition) is 7. The molecule has 0 spiro atoms. The highest BCUT2D eigenvalue weighted by atomic mass is 32.2. The van der Waals surface area contributed by atoms with E-state index < -0.39 is 5.97 Å². The van der Waals surface area contributed by atoms with Crippen molar-refractivity contribution in [3.63, 3.8) is 0 Å². The summed E-state index contributed by atoms with van der Waals surface area (Å²) in [6, 6.07) is 14.3. The lowest BCUT2D eigenvalue weighted by Crippen LogP contribution is -2.14. The monoisotopic (exact) mass is 397 g/mol. The molecule has 8 heteroatoms. The molecule has 0 aliphatic carbocycles. The fourth-order valence-electron chi connectivity index (χ4n) is 2.45. The molecule has 1 heterocycles. The quantitative estimate of drug-likeness (QED) is 0.476. The second kappa shape index (κ2) is 9.18. The summed E-state index contributed by atoms with van der Waals surface area (Å²) in [5.74, 6) is -0.161. The zero-order chi connectivity index (χ0) is 19.9. The second-order valence-corrected chi connectivity index (χ2v) is 6.75. The van der Waals surface area contributed by atoms with E-state index in [0.29, 0.717) is 29.0 Å². The van der Waals surface area contributed by atoms with Crippen LogP contribution in [-0.4, -0.2) is 34.4 Å². The predicted molar refractivity (Wildman–Crippen MR) is 106 cm³/mol. The fourth-order valence-corrected chi connectivity index (χ4v) is 3.02. The van der Waals surface area contributed by atoms with Crippen LogP contribution in [0.1, 0.15) is 22.8 Å². The Labute approximate surface area is 166 Å². The van der Waals surface area contributed by atoms with Crippen molar-refractivity contribution in [1.82, 2.24) is 10.2 Å². The van der Waals surface area contributed by atoms with Crippen LogP contribution in [0, 0.1) is 6.92 Å². The molecule has 144 valence electrons. The third-order valence-corrected chi connectivity index (χ3v) is 4.58. The molecule has 1 amide bonds. The number of carbonyl (C=O) groups is 2. The number of carbonyl (C=O) groups excluding carboxylic acids is 2. The highest BCUT2D eigenvalue weighted by Crippen LogP contribution is 2.25. The van der Waals surface area contributed by atoms with Crippen molar-refractivity contribution in [2.24, 2.45) is 0 Å². The Hall–Kier alpha value is -3.13. The highest BCUT2D eigenvalue weighted by Gasteiger charge is 2.13. The maximum Gasteiger partial charge on any atom is 0.338 e. The number of aryl methyl sites for hydroxylation is 1. The van der Waals surface area contributed by atoms with Gasteiger partial charge in [0.1, 0.15) is 0 Å². The zero-order valence-corrected chi connectivity index (χ0v) is 16.3. The van der Waals surface area contributed by atoms with E-state index in [4.69, 9.17) is 9.15 Å². The number of anilines is 1. The largest absolute Gasteiger partial charge is 0.462 e. The summed E-state index contributed by atoms with van der Waals surface area (Å²) in [7, 11) is 0. The number of nitrogens with one attached hydrogen (secondary N) is 1. The third kappa shape index (κ3) is 4.98. The molecule has 0 aliphatic rings. The van der Waals surface area contributed by atoms with Crippen LogP contribution in [0.25, 0.3) is 11.5 Å². The van der Waals surface area contributed by atoms with Crippen molar-refractivity contribution in [1.29, 1.82) is 0 Å². The number of amides is 1. The molecular formula is C20H19N3O4S. The van der Waals surface area contributed by atoms with Gasteiger partial charge < -0.3 is 14.5 Å². The molecule has 0 saturated carbocycles. The van der Waals surface area contributed by atoms with Crippen LogP contribution in [-0.2, 0) is 9.53 Å². The standard InChI is InChI=1S/C20H19N3O4S/c1-3-26-19(25)14-8-6-9-15(11-14)21-17(24)12-28-20-23-22-18(27-20)16-10-5-4-7-13(16)2/h4-11H,3,12H2,1-2H3,(H,21,24). The van der Waals surface area contributed by atoms with Crippen LogP contribution < -0.4 is 5.32 Å². The molecule has 0 radical (unpaired) electrons. The van der Waals surface area contributed by atoms with Gasteiger partial charge in [-0.3, -0.25) is 4.79 Å². The Morgan fingerprint density at radius 2 is 1.96 bits per heavy atom. The van der Waals surface area contributed by atoms with Crippen LogP contribution >= 0.6 is 11.8 Å². The van der Waals surface area contributed by atoms with Gasteiger partial charge >= 0.3 is 5.97 Å². The first kappa shape index (κ1) is 19.6. The van der Waals surface area contributed by atoms with E-state index in [-0.39, 0.29) is 11.7 Å². The Morgan fingerprint density at radius 3 is 2.75 bits per heavy atom. The lowest BCUT2D eigenvalue weighted by molar-refractivity contribution is -0.113. The van der Waals surface area contributed by atoms with Gasteiger partial charge in [0.15, 0.2) is 0 Å². The topological polar surface area (TPSA) is 94.3 Å². The Kier molecular flexibility index (Phi) is 6.44. The predicted octanol–water partition coefficient (Wildman–Crippen LogP) is 3.95. The molecule has 3 rings (SSSR count). The number of esters is 1.